The summed E-state index contributed by atoms with van der Waals surface area (Å²) in [7, 11) is 4.34. The smallest absolute Gasteiger partial charge is 0.330 e. The maximum absolute atomic E-state index is 12.0. The minimum Gasteiger partial charge on any atom is -0.481 e. The number of rotatable bonds is 33. The number of imide groups is 1. The van der Waals surface area contributed by atoms with Crippen LogP contribution in [0.1, 0.15) is 111 Å². The lowest BCUT2D eigenvalue weighted by Gasteiger charge is -2.24. The van der Waals surface area contributed by atoms with Crippen LogP contribution in [0.2, 0.25) is 0 Å². The molecule has 4 aromatic carbocycles. The van der Waals surface area contributed by atoms with Crippen LogP contribution in [0.25, 0.3) is 0 Å². The maximum atomic E-state index is 12.0. The number of carbonyl (C=O) groups excluding carboxylic acids is 13. The number of nitrogens with two attached hydrogens (primary N) is 1. The fourth-order valence-corrected chi connectivity index (χ4v) is 7.85. The third-order valence-corrected chi connectivity index (χ3v) is 13.2. The van der Waals surface area contributed by atoms with Gasteiger partial charge in [0.15, 0.2) is 12.1 Å². The van der Waals surface area contributed by atoms with Gasteiger partial charge >= 0.3 is 35.8 Å². The molecule has 0 spiro atoms. The minimum atomic E-state index is -1.49. The molecule has 10 N–H and O–H groups in total. The number of nitrogens with zero attached hydrogens (tertiary/aromatic N) is 2. The van der Waals surface area contributed by atoms with E-state index < -0.39 is 90.1 Å². The summed E-state index contributed by atoms with van der Waals surface area (Å²) < 4.78 is 23.3. The Balaban J connectivity index is -0.00000115. The highest BCUT2D eigenvalue weighted by Crippen LogP contribution is 2.10. The summed E-state index contributed by atoms with van der Waals surface area (Å²) in [5.41, 5.74) is 9.69. The second kappa shape index (κ2) is 57.6. The van der Waals surface area contributed by atoms with Crippen molar-refractivity contribution >= 4 is 94.5 Å². The van der Waals surface area contributed by atoms with Gasteiger partial charge in [-0.25, -0.2) is 9.59 Å². The van der Waals surface area contributed by atoms with Gasteiger partial charge in [-0.05, 0) is 43.0 Å². The zero-order valence-corrected chi connectivity index (χ0v) is 61.0. The average Bonchev–Trinajstić information content (AvgIpc) is 0.862. The molecule has 574 valence electrons. The van der Waals surface area contributed by atoms with E-state index in [1.807, 2.05) is 121 Å². The third-order valence-electron chi connectivity index (χ3n) is 13.2. The molecule has 0 aliphatic rings. The SMILES string of the molecule is CC(=O)C[C@H](CO)C(=O)NCc1ccccc1.CC(=O)C[C@H](COC(C)=O)C(=O)NCc1ccccc1.CC(=O)C[C@H](COC(C)=O)C(=O)O.CC(=O)NCc1ccccc1.CC(=O)OC[C@H](C(=O)O)N(C(C)=O)C(C)=O.COC[C@@H](N)C(=O)NCc1ccccc1.COC[C@H](C(=O)O)N(C)C(C)=O. The van der Waals surface area contributed by atoms with E-state index in [0.29, 0.717) is 31.1 Å². The third kappa shape index (κ3) is 51.2. The second-order valence-electron chi connectivity index (χ2n) is 22.5. The van der Waals surface area contributed by atoms with Gasteiger partial charge in [0.25, 0.3) is 0 Å². The molecular weight excluding hydrogens is 1360 g/mol. The fourth-order valence-electron chi connectivity index (χ4n) is 7.85. The molecule has 4 aromatic rings. The molecule has 0 aliphatic heterocycles. The highest BCUT2D eigenvalue weighted by atomic mass is 16.5. The Bertz CT molecular complexity index is 3290. The van der Waals surface area contributed by atoms with Gasteiger partial charge in [0.2, 0.25) is 41.4 Å². The Morgan fingerprint density at radius 3 is 0.981 bits per heavy atom. The van der Waals surface area contributed by atoms with E-state index in [4.69, 9.17) is 35.6 Å². The van der Waals surface area contributed by atoms with Crippen LogP contribution >= 0.6 is 0 Å². The first-order valence-electron chi connectivity index (χ1n) is 32.0. The van der Waals surface area contributed by atoms with Gasteiger partial charge in [-0.1, -0.05) is 121 Å². The number of aliphatic hydroxyl groups excluding tert-OH is 1. The topological polar surface area (TPSA) is 481 Å². The number of carbonyl (C=O) groups is 16. The molecule has 32 heteroatoms. The number of ether oxygens (including phenoxy) is 5. The maximum Gasteiger partial charge on any atom is 0.330 e. The number of likely N-dealkylation sites (N-methyl/N-ethyl adjacent to an activating group) is 1. The molecule has 7 amide bonds. The Morgan fingerprint density at radius 2 is 0.692 bits per heavy atom. The van der Waals surface area contributed by atoms with Crippen molar-refractivity contribution in [2.45, 2.75) is 133 Å². The minimum absolute atomic E-state index is 0.00537. The van der Waals surface area contributed by atoms with Crippen molar-refractivity contribution in [3.63, 3.8) is 0 Å². The first kappa shape index (κ1) is 97.2. The lowest BCUT2D eigenvalue weighted by molar-refractivity contribution is -0.162. The number of methoxy groups -OCH3 is 2. The molecule has 0 fully saturated rings. The number of amides is 7. The molecule has 0 saturated heterocycles. The summed E-state index contributed by atoms with van der Waals surface area (Å²) >= 11 is 0. The number of Topliss-reactive ketones (excluding diaryl/α,β-unsaturated/α-hetero) is 3. The molecule has 0 bridgehead atoms. The molecule has 0 unspecified atom stereocenters. The molecule has 32 nitrogen and oxygen atoms in total. The van der Waals surface area contributed by atoms with E-state index in [0.717, 1.165) is 47.9 Å². The van der Waals surface area contributed by atoms with Crippen molar-refractivity contribution < 1.29 is 121 Å². The fraction of sp³-hybridized carbons (Fsp3) is 0.444. The largest absolute Gasteiger partial charge is 0.481 e. The predicted octanol–water partition coefficient (Wildman–Crippen LogP) is 3.14. The highest BCUT2D eigenvalue weighted by Gasteiger charge is 2.32. The summed E-state index contributed by atoms with van der Waals surface area (Å²) in [4.78, 5) is 176. The van der Waals surface area contributed by atoms with Gasteiger partial charge in [-0.15, -0.1) is 0 Å². The van der Waals surface area contributed by atoms with Gasteiger partial charge in [0.05, 0.1) is 37.6 Å². The molecule has 4 rings (SSSR count). The highest BCUT2D eigenvalue weighted by molar-refractivity contribution is 5.97. The number of hydrogen-bond acceptors (Lipinski definition) is 23. The van der Waals surface area contributed by atoms with Crippen LogP contribution in [0.3, 0.4) is 0 Å². The van der Waals surface area contributed by atoms with Crippen LogP contribution < -0.4 is 27.0 Å². The van der Waals surface area contributed by atoms with Gasteiger partial charge in [0, 0.05) is 115 Å². The average molecular weight is 1460 g/mol. The molecule has 104 heavy (non-hydrogen) atoms. The van der Waals surface area contributed by atoms with E-state index >= 15 is 0 Å². The van der Waals surface area contributed by atoms with Crippen molar-refractivity contribution in [1.82, 2.24) is 31.1 Å². The van der Waals surface area contributed by atoms with Crippen molar-refractivity contribution in [3.05, 3.63) is 144 Å². The van der Waals surface area contributed by atoms with Crippen LogP contribution in [0.15, 0.2) is 121 Å². The zero-order chi connectivity index (χ0) is 79.9. The molecular formula is C72H101N7O25. The Hall–Kier alpha value is -11.0. The van der Waals surface area contributed by atoms with E-state index in [1.54, 1.807) is 0 Å². The van der Waals surface area contributed by atoms with Gasteiger partial charge < -0.3 is 85.6 Å². The molecule has 0 heterocycles. The van der Waals surface area contributed by atoms with E-state index in [2.05, 4.69) is 35.5 Å². The standard InChI is InChI=1S/C15H19NO4.C13H17NO3.C11H16N2O2.C9H13NO6.C9H11NO.C8H12O5.C7H13NO4/c1-11(17)8-14(10-20-12(2)18)15(19)16-9-13-6-4-3-5-7-13;1-10(16)7-12(9-15)13(17)14-8-11-5-3-2-4-6-11;1-15-8-10(12)11(14)13-7-9-5-3-2-4-6-9;1-5(11)10(6(2)12)8(9(14)15)4-16-7(3)13;1-8(11)10-7-9-5-3-2-4-6-9;1-5(9)3-7(8(11)12)4-13-6(2)10;1-5(9)8(2)6(4-12-3)7(10)11/h3-7,14H,8-10H2,1-2H3,(H,16,19);2-6,12,15H,7-9H2,1H3,(H,14,17);2-6,10H,7-8,12H2,1H3,(H,13,14);8H,4H2,1-3H3,(H,14,15);2-6H,7H2,1H3,(H,10,11);7H,3-4H2,1-2H3,(H,11,12);6H,4H2,1-3H3,(H,10,11)/t14-;12-;10-;8-;;7-;6-/m1111.11/s1. The monoisotopic (exact) mass is 1460 g/mol. The number of esters is 3. The normalized spacial score (nSPS) is 11.5. The van der Waals surface area contributed by atoms with Crippen molar-refractivity contribution in [3.8, 4) is 0 Å². The first-order chi connectivity index (χ1) is 48.8. The van der Waals surface area contributed by atoms with Crippen LogP contribution in [0, 0.1) is 17.8 Å². The number of carboxylic acids is 3. The number of benzene rings is 4. The van der Waals surface area contributed by atoms with Crippen LogP contribution in [-0.2, 0) is 127 Å². The molecule has 0 radical (unpaired) electrons. The summed E-state index contributed by atoms with van der Waals surface area (Å²) in [5.74, 6) is -10.4. The number of nitrogens with one attached hydrogen (secondary N) is 4. The lowest BCUT2D eigenvalue weighted by atomic mass is 10.0. The number of aliphatic carboxylic acids is 3. The second-order valence-corrected chi connectivity index (χ2v) is 22.5. The van der Waals surface area contributed by atoms with Gasteiger partial charge in [-0.2, -0.15) is 0 Å². The number of hydrogen-bond donors (Lipinski definition) is 9. The summed E-state index contributed by atoms with van der Waals surface area (Å²) in [6.45, 7) is 13.6. The molecule has 0 aromatic heterocycles. The number of aliphatic hydroxyl groups is 1. The van der Waals surface area contributed by atoms with Crippen LogP contribution in [0.5, 0.6) is 0 Å². The summed E-state index contributed by atoms with van der Waals surface area (Å²) in [6, 6.07) is 35.5. The van der Waals surface area contributed by atoms with Crippen molar-refractivity contribution in [1.29, 1.82) is 0 Å². The Labute approximate surface area is 605 Å². The van der Waals surface area contributed by atoms with Crippen molar-refractivity contribution in [2.24, 2.45) is 23.5 Å². The summed E-state index contributed by atoms with van der Waals surface area (Å²) in [6.07, 6.45) is 0.0354. The van der Waals surface area contributed by atoms with Gasteiger partial charge in [-0.3, -0.25) is 62.4 Å². The van der Waals surface area contributed by atoms with Gasteiger partial charge in [0.1, 0.15) is 43.2 Å². The Morgan fingerprint density at radius 1 is 0.385 bits per heavy atom. The summed E-state index contributed by atoms with van der Waals surface area (Å²) in [5, 5.41) is 46.0. The van der Waals surface area contributed by atoms with Crippen LogP contribution in [-0.4, -0.2) is 204 Å². The predicted molar refractivity (Wildman–Crippen MR) is 376 cm³/mol. The first-order valence-corrected chi connectivity index (χ1v) is 32.0. The number of carboxylic acid groups (broad SMARTS) is 3. The van der Waals surface area contributed by atoms with E-state index in [9.17, 15) is 76.7 Å². The lowest BCUT2D eigenvalue weighted by Crippen LogP contribution is -2.49. The Kier molecular flexibility index (Phi) is 53.9. The quantitative estimate of drug-likeness (QED) is 0.0244. The molecule has 0 saturated carbocycles. The molecule has 6 atom stereocenters. The van der Waals surface area contributed by atoms with E-state index in [1.165, 1.54) is 69.7 Å². The number of ketones is 3. The van der Waals surface area contributed by atoms with E-state index in [-0.39, 0.29) is 99.2 Å². The van der Waals surface area contributed by atoms with Crippen molar-refractivity contribution in [2.75, 3.05) is 60.9 Å². The van der Waals surface area contributed by atoms with Crippen LogP contribution in [0.4, 0.5) is 0 Å². The molecule has 0 aliphatic carbocycles. The zero-order valence-electron chi connectivity index (χ0n) is 61.0.